The summed E-state index contributed by atoms with van der Waals surface area (Å²) in [4.78, 5) is 29.6. The number of benzene rings is 1. The summed E-state index contributed by atoms with van der Waals surface area (Å²) in [6.45, 7) is 0. The second kappa shape index (κ2) is 6.07. The van der Waals surface area contributed by atoms with E-state index in [-0.39, 0.29) is 29.0 Å². The minimum atomic E-state index is -0.513. The molecule has 1 aromatic carbocycles. The molecule has 1 N–H and O–H groups in total. The number of hydrogen-bond acceptors (Lipinski definition) is 5. The maximum atomic E-state index is 11.8. The molecule has 102 valence electrons. The van der Waals surface area contributed by atoms with Crippen LogP contribution < -0.4 is 5.32 Å². The molecule has 1 aromatic heterocycles. The average Bonchev–Trinajstić information content (AvgIpc) is 2.41. The van der Waals surface area contributed by atoms with E-state index in [2.05, 4.69) is 15.3 Å². The second-order valence-corrected chi connectivity index (χ2v) is 4.21. The van der Waals surface area contributed by atoms with Gasteiger partial charge in [-0.15, -0.1) is 0 Å². The number of aromatic nitrogens is 2. The maximum Gasteiger partial charge on any atom is 0.269 e. The highest BCUT2D eigenvalue weighted by molar-refractivity contribution is 6.32. The molecule has 0 saturated carbocycles. The van der Waals surface area contributed by atoms with Gasteiger partial charge in [-0.25, -0.2) is 9.97 Å². The quantitative estimate of drug-likeness (QED) is 0.688. The third-order valence-electron chi connectivity index (χ3n) is 2.40. The Bertz CT molecular complexity index is 663. The number of nitrogens with one attached hydrogen (secondary N) is 1. The van der Waals surface area contributed by atoms with Crippen molar-refractivity contribution in [2.45, 2.75) is 6.42 Å². The van der Waals surface area contributed by atoms with Crippen LogP contribution in [-0.4, -0.2) is 20.8 Å². The Labute approximate surface area is 118 Å². The summed E-state index contributed by atoms with van der Waals surface area (Å²) in [5.74, 6) is -0.225. The monoisotopic (exact) mass is 292 g/mol. The SMILES string of the molecule is O=C(Cc1cccc([N+](=O)[O-])c1)Nc1nccnc1Cl. The first-order valence-electron chi connectivity index (χ1n) is 5.56. The maximum absolute atomic E-state index is 11.8. The van der Waals surface area contributed by atoms with Gasteiger partial charge in [-0.05, 0) is 5.56 Å². The molecule has 0 aliphatic rings. The Kier molecular flexibility index (Phi) is 4.21. The van der Waals surface area contributed by atoms with Gasteiger partial charge in [0.15, 0.2) is 11.0 Å². The predicted octanol–water partition coefficient (Wildman–Crippen LogP) is 2.22. The Hall–Kier alpha value is -2.54. The zero-order valence-corrected chi connectivity index (χ0v) is 10.9. The summed E-state index contributed by atoms with van der Waals surface area (Å²) >= 11 is 5.76. The van der Waals surface area contributed by atoms with Gasteiger partial charge in [-0.1, -0.05) is 23.7 Å². The summed E-state index contributed by atoms with van der Waals surface area (Å²) in [6.07, 6.45) is 2.78. The van der Waals surface area contributed by atoms with Gasteiger partial charge in [0.2, 0.25) is 5.91 Å². The van der Waals surface area contributed by atoms with Crippen LogP contribution in [0.4, 0.5) is 11.5 Å². The van der Waals surface area contributed by atoms with E-state index < -0.39 is 4.92 Å². The van der Waals surface area contributed by atoms with E-state index in [1.165, 1.54) is 30.6 Å². The van der Waals surface area contributed by atoms with Crippen molar-refractivity contribution in [3.05, 3.63) is 57.5 Å². The lowest BCUT2D eigenvalue weighted by Gasteiger charge is -2.05. The number of non-ortho nitro benzene ring substituents is 1. The van der Waals surface area contributed by atoms with Crippen LogP contribution in [0.15, 0.2) is 36.7 Å². The summed E-state index contributed by atoms with van der Waals surface area (Å²) < 4.78 is 0. The molecule has 1 amide bonds. The van der Waals surface area contributed by atoms with Crippen molar-refractivity contribution in [2.24, 2.45) is 0 Å². The highest BCUT2D eigenvalue weighted by Crippen LogP contribution is 2.16. The number of rotatable bonds is 4. The molecule has 20 heavy (non-hydrogen) atoms. The van der Waals surface area contributed by atoms with Crippen molar-refractivity contribution >= 4 is 29.0 Å². The van der Waals surface area contributed by atoms with Crippen LogP contribution in [0.3, 0.4) is 0 Å². The van der Waals surface area contributed by atoms with E-state index in [0.717, 1.165) is 0 Å². The smallest absolute Gasteiger partial charge is 0.269 e. The van der Waals surface area contributed by atoms with Crippen molar-refractivity contribution in [2.75, 3.05) is 5.32 Å². The third kappa shape index (κ3) is 3.48. The van der Waals surface area contributed by atoms with Gasteiger partial charge >= 0.3 is 0 Å². The highest BCUT2D eigenvalue weighted by Gasteiger charge is 2.11. The molecule has 0 spiro atoms. The van der Waals surface area contributed by atoms with Gasteiger partial charge in [0.25, 0.3) is 5.69 Å². The van der Waals surface area contributed by atoms with E-state index in [1.807, 2.05) is 0 Å². The van der Waals surface area contributed by atoms with Crippen molar-refractivity contribution in [1.82, 2.24) is 9.97 Å². The molecule has 0 saturated heterocycles. The van der Waals surface area contributed by atoms with E-state index in [4.69, 9.17) is 11.6 Å². The third-order valence-corrected chi connectivity index (χ3v) is 2.67. The molecule has 0 fully saturated rings. The van der Waals surface area contributed by atoms with E-state index in [0.29, 0.717) is 5.56 Å². The molecule has 0 atom stereocenters. The fourth-order valence-corrected chi connectivity index (χ4v) is 1.70. The van der Waals surface area contributed by atoms with Crippen molar-refractivity contribution in [3.8, 4) is 0 Å². The normalized spacial score (nSPS) is 10.1. The van der Waals surface area contributed by atoms with Crippen LogP contribution in [0.5, 0.6) is 0 Å². The van der Waals surface area contributed by atoms with Gasteiger partial charge in [0, 0.05) is 24.5 Å². The van der Waals surface area contributed by atoms with E-state index in [1.54, 1.807) is 6.07 Å². The van der Waals surface area contributed by atoms with Gasteiger partial charge in [-0.3, -0.25) is 14.9 Å². The lowest BCUT2D eigenvalue weighted by molar-refractivity contribution is -0.384. The number of anilines is 1. The number of halogens is 1. The summed E-state index contributed by atoms with van der Waals surface area (Å²) in [7, 11) is 0. The first-order valence-corrected chi connectivity index (χ1v) is 5.94. The minimum Gasteiger partial charge on any atom is -0.308 e. The van der Waals surface area contributed by atoms with Crippen molar-refractivity contribution in [3.63, 3.8) is 0 Å². The summed E-state index contributed by atoms with van der Waals surface area (Å²) in [5, 5.41) is 13.2. The summed E-state index contributed by atoms with van der Waals surface area (Å²) in [6, 6.07) is 5.86. The van der Waals surface area contributed by atoms with Crippen LogP contribution >= 0.6 is 11.6 Å². The molecular formula is C12H9ClN4O3. The largest absolute Gasteiger partial charge is 0.308 e. The summed E-state index contributed by atoms with van der Waals surface area (Å²) in [5.41, 5.74) is 0.463. The molecule has 2 aromatic rings. The molecule has 1 heterocycles. The molecule has 0 aliphatic carbocycles. The second-order valence-electron chi connectivity index (χ2n) is 3.85. The van der Waals surface area contributed by atoms with Gasteiger partial charge in [0.05, 0.1) is 11.3 Å². The van der Waals surface area contributed by atoms with Crippen LogP contribution in [-0.2, 0) is 11.2 Å². The number of nitrogens with zero attached hydrogens (tertiary/aromatic N) is 3. The van der Waals surface area contributed by atoms with E-state index >= 15 is 0 Å². The standard InChI is InChI=1S/C12H9ClN4O3/c13-11-12(15-5-4-14-11)16-10(18)7-8-2-1-3-9(6-8)17(19)20/h1-6H,7H2,(H,15,16,18). The molecule has 0 radical (unpaired) electrons. The van der Waals surface area contributed by atoms with E-state index in [9.17, 15) is 14.9 Å². The Morgan fingerprint density at radius 1 is 1.35 bits per heavy atom. The Morgan fingerprint density at radius 2 is 2.10 bits per heavy atom. The molecule has 2 rings (SSSR count). The van der Waals surface area contributed by atoms with Crippen LogP contribution in [0.25, 0.3) is 0 Å². The first-order chi connectivity index (χ1) is 9.56. The Balaban J connectivity index is 2.07. The zero-order valence-electron chi connectivity index (χ0n) is 10.1. The van der Waals surface area contributed by atoms with Crippen LogP contribution in [0.2, 0.25) is 5.15 Å². The molecule has 7 nitrogen and oxygen atoms in total. The topological polar surface area (TPSA) is 98.0 Å². The van der Waals surface area contributed by atoms with Crippen LogP contribution in [0, 0.1) is 10.1 Å². The minimum absolute atomic E-state index is 0.0193. The number of nitro benzene ring substituents is 1. The van der Waals surface area contributed by atoms with Gasteiger partial charge in [0.1, 0.15) is 0 Å². The number of carbonyl (C=O) groups excluding carboxylic acids is 1. The predicted molar refractivity (Wildman–Crippen MR) is 72.5 cm³/mol. The molecule has 0 aliphatic heterocycles. The highest BCUT2D eigenvalue weighted by atomic mass is 35.5. The number of carbonyl (C=O) groups is 1. The average molecular weight is 293 g/mol. The number of hydrogen-bond donors (Lipinski definition) is 1. The zero-order chi connectivity index (χ0) is 14.5. The number of nitro groups is 1. The molecule has 0 bridgehead atoms. The lowest BCUT2D eigenvalue weighted by atomic mass is 10.1. The fraction of sp³-hybridized carbons (Fsp3) is 0.0833. The van der Waals surface area contributed by atoms with Crippen molar-refractivity contribution in [1.29, 1.82) is 0 Å². The van der Waals surface area contributed by atoms with Gasteiger partial charge < -0.3 is 5.32 Å². The lowest BCUT2D eigenvalue weighted by Crippen LogP contribution is -2.16. The molecule has 8 heteroatoms. The fourth-order valence-electron chi connectivity index (χ4n) is 1.55. The van der Waals surface area contributed by atoms with Gasteiger partial charge in [-0.2, -0.15) is 0 Å². The first kappa shape index (κ1) is 13.9. The molecular weight excluding hydrogens is 284 g/mol. The number of amides is 1. The van der Waals surface area contributed by atoms with Crippen LogP contribution in [0.1, 0.15) is 5.56 Å². The van der Waals surface area contributed by atoms with Crippen molar-refractivity contribution < 1.29 is 9.72 Å². The molecule has 0 unspecified atom stereocenters. The Morgan fingerprint density at radius 3 is 2.80 bits per heavy atom.